The summed E-state index contributed by atoms with van der Waals surface area (Å²) in [6.45, 7) is 4.35. The summed E-state index contributed by atoms with van der Waals surface area (Å²) in [7, 11) is 0. The molecule has 2 heterocycles. The van der Waals surface area contributed by atoms with Gasteiger partial charge in [-0.2, -0.15) is 5.26 Å². The molecule has 0 aliphatic carbocycles. The summed E-state index contributed by atoms with van der Waals surface area (Å²) >= 11 is 1.31. The Bertz CT molecular complexity index is 987. The first-order chi connectivity index (χ1) is 12.6. The van der Waals surface area contributed by atoms with Crippen LogP contribution in [0, 0.1) is 25.2 Å². The molecule has 2 N–H and O–H groups in total. The SMILES string of the molecule is Cc1cc(C)c(C#N)c(SCC(=O)NCCc2c[nH]c3ccccc23)n1. The molecule has 2 aromatic heterocycles. The Balaban J connectivity index is 1.53. The maximum atomic E-state index is 12.1. The number of amides is 1. The lowest BCUT2D eigenvalue weighted by Crippen LogP contribution is -2.27. The molecule has 6 heteroatoms. The van der Waals surface area contributed by atoms with E-state index < -0.39 is 0 Å². The molecule has 5 nitrogen and oxygen atoms in total. The summed E-state index contributed by atoms with van der Waals surface area (Å²) in [4.78, 5) is 19.8. The lowest BCUT2D eigenvalue weighted by Gasteiger charge is -2.08. The first kappa shape index (κ1) is 18.0. The number of fused-ring (bicyclic) bond motifs is 1. The normalized spacial score (nSPS) is 10.7. The predicted octanol–water partition coefficient (Wildman–Crippen LogP) is 3.50. The number of hydrogen-bond acceptors (Lipinski definition) is 4. The molecular weight excluding hydrogens is 344 g/mol. The molecule has 0 unspecified atom stereocenters. The first-order valence-electron chi connectivity index (χ1n) is 8.41. The summed E-state index contributed by atoms with van der Waals surface area (Å²) < 4.78 is 0. The largest absolute Gasteiger partial charge is 0.361 e. The third kappa shape index (κ3) is 4.06. The number of benzene rings is 1. The maximum Gasteiger partial charge on any atom is 0.230 e. The van der Waals surface area contributed by atoms with E-state index in [-0.39, 0.29) is 11.7 Å². The number of thioether (sulfide) groups is 1. The fraction of sp³-hybridized carbons (Fsp3) is 0.250. The number of nitrogens with one attached hydrogen (secondary N) is 2. The number of H-pyrrole nitrogens is 1. The van der Waals surface area contributed by atoms with Crippen LogP contribution in [-0.2, 0) is 11.2 Å². The standard InChI is InChI=1S/C20H20N4OS/c1-13-9-14(2)24-20(17(13)10-21)26-12-19(25)22-8-7-15-11-23-18-6-4-3-5-16(15)18/h3-6,9,11,23H,7-8,12H2,1-2H3,(H,22,25). The van der Waals surface area contributed by atoms with E-state index in [1.54, 1.807) is 0 Å². The third-order valence-corrected chi connectivity index (χ3v) is 5.13. The number of carbonyl (C=O) groups is 1. The van der Waals surface area contributed by atoms with Gasteiger partial charge in [0.25, 0.3) is 0 Å². The van der Waals surface area contributed by atoms with E-state index in [0.717, 1.165) is 23.2 Å². The monoisotopic (exact) mass is 364 g/mol. The molecule has 26 heavy (non-hydrogen) atoms. The van der Waals surface area contributed by atoms with Crippen LogP contribution in [0.2, 0.25) is 0 Å². The van der Waals surface area contributed by atoms with Crippen LogP contribution in [0.15, 0.2) is 41.6 Å². The summed E-state index contributed by atoms with van der Waals surface area (Å²) in [5.74, 6) is 0.193. The maximum absolute atomic E-state index is 12.1. The van der Waals surface area contributed by atoms with Gasteiger partial charge in [-0.15, -0.1) is 0 Å². The number of pyridine rings is 1. The van der Waals surface area contributed by atoms with Crippen molar-refractivity contribution >= 4 is 28.6 Å². The Morgan fingerprint density at radius 3 is 2.96 bits per heavy atom. The zero-order valence-corrected chi connectivity index (χ0v) is 15.6. The van der Waals surface area contributed by atoms with E-state index in [1.165, 1.54) is 22.7 Å². The van der Waals surface area contributed by atoms with E-state index in [9.17, 15) is 10.1 Å². The highest BCUT2D eigenvalue weighted by Gasteiger charge is 2.11. The van der Waals surface area contributed by atoms with E-state index in [4.69, 9.17) is 0 Å². The Labute approximate surface area is 156 Å². The molecule has 0 saturated carbocycles. The highest BCUT2D eigenvalue weighted by molar-refractivity contribution is 8.00. The summed E-state index contributed by atoms with van der Waals surface area (Å²) in [6, 6.07) is 12.2. The van der Waals surface area contributed by atoms with Gasteiger partial charge in [-0.3, -0.25) is 4.79 Å². The Kier molecular flexibility index (Phi) is 5.59. The van der Waals surface area contributed by atoms with Crippen molar-refractivity contribution in [1.82, 2.24) is 15.3 Å². The van der Waals surface area contributed by atoms with Gasteiger partial charge in [0.2, 0.25) is 5.91 Å². The molecule has 0 aliphatic heterocycles. The van der Waals surface area contributed by atoms with Gasteiger partial charge in [0.1, 0.15) is 11.1 Å². The van der Waals surface area contributed by atoms with Crippen LogP contribution in [0.3, 0.4) is 0 Å². The van der Waals surface area contributed by atoms with E-state index in [1.807, 2.05) is 44.3 Å². The van der Waals surface area contributed by atoms with Gasteiger partial charge >= 0.3 is 0 Å². The number of rotatable bonds is 6. The van der Waals surface area contributed by atoms with E-state index >= 15 is 0 Å². The molecule has 3 aromatic rings. The van der Waals surface area contributed by atoms with Crippen LogP contribution >= 0.6 is 11.8 Å². The smallest absolute Gasteiger partial charge is 0.230 e. The van der Waals surface area contributed by atoms with Crippen molar-refractivity contribution in [2.75, 3.05) is 12.3 Å². The van der Waals surface area contributed by atoms with Crippen LogP contribution in [0.1, 0.15) is 22.4 Å². The number of aryl methyl sites for hydroxylation is 2. The average Bonchev–Trinajstić information content (AvgIpc) is 3.03. The van der Waals surface area contributed by atoms with Crippen molar-refractivity contribution in [2.24, 2.45) is 0 Å². The molecule has 0 atom stereocenters. The van der Waals surface area contributed by atoms with Gasteiger partial charge in [0.15, 0.2) is 0 Å². The zero-order chi connectivity index (χ0) is 18.5. The van der Waals surface area contributed by atoms with Gasteiger partial charge in [-0.05, 0) is 43.5 Å². The minimum Gasteiger partial charge on any atom is -0.361 e. The molecule has 0 spiro atoms. The molecule has 1 amide bonds. The molecule has 132 valence electrons. The number of aromatic nitrogens is 2. The van der Waals surface area contributed by atoms with Crippen molar-refractivity contribution in [1.29, 1.82) is 5.26 Å². The topological polar surface area (TPSA) is 81.6 Å². The number of hydrogen-bond donors (Lipinski definition) is 2. The third-order valence-electron chi connectivity index (χ3n) is 4.15. The molecule has 0 saturated heterocycles. The Morgan fingerprint density at radius 1 is 1.35 bits per heavy atom. The lowest BCUT2D eigenvalue weighted by molar-refractivity contribution is -0.118. The number of aromatic amines is 1. The second-order valence-electron chi connectivity index (χ2n) is 6.12. The van der Waals surface area contributed by atoms with Crippen molar-refractivity contribution in [3.05, 3.63) is 58.9 Å². The second-order valence-corrected chi connectivity index (χ2v) is 7.08. The summed E-state index contributed by atoms with van der Waals surface area (Å²) in [5.41, 5.74) is 4.59. The van der Waals surface area contributed by atoms with Gasteiger partial charge in [0.05, 0.1) is 11.3 Å². The van der Waals surface area contributed by atoms with Crippen molar-refractivity contribution in [3.63, 3.8) is 0 Å². The summed E-state index contributed by atoms with van der Waals surface area (Å²) in [5, 5.41) is 14.0. The molecule has 1 aromatic carbocycles. The molecule has 0 bridgehead atoms. The fourth-order valence-electron chi connectivity index (χ4n) is 2.90. The van der Waals surface area contributed by atoms with E-state index in [0.29, 0.717) is 17.1 Å². The Morgan fingerprint density at radius 2 is 2.15 bits per heavy atom. The van der Waals surface area contributed by atoms with Crippen molar-refractivity contribution < 1.29 is 4.79 Å². The quantitative estimate of drug-likeness (QED) is 0.656. The van der Waals surface area contributed by atoms with Crippen LogP contribution in [0.4, 0.5) is 0 Å². The van der Waals surface area contributed by atoms with Gasteiger partial charge < -0.3 is 10.3 Å². The van der Waals surface area contributed by atoms with Crippen LogP contribution < -0.4 is 5.32 Å². The predicted molar refractivity (Wildman–Crippen MR) is 104 cm³/mol. The molecule has 0 radical (unpaired) electrons. The average molecular weight is 364 g/mol. The minimum atomic E-state index is -0.0558. The second kappa shape index (κ2) is 8.07. The highest BCUT2D eigenvalue weighted by Crippen LogP contribution is 2.23. The molecule has 0 fully saturated rings. The highest BCUT2D eigenvalue weighted by atomic mass is 32.2. The van der Waals surface area contributed by atoms with E-state index in [2.05, 4.69) is 27.4 Å². The summed E-state index contributed by atoms with van der Waals surface area (Å²) in [6.07, 6.45) is 2.76. The van der Waals surface area contributed by atoms with Gasteiger partial charge in [-0.1, -0.05) is 30.0 Å². The van der Waals surface area contributed by atoms with Gasteiger partial charge in [-0.25, -0.2) is 4.98 Å². The number of para-hydroxylation sites is 1. The first-order valence-corrected chi connectivity index (χ1v) is 9.40. The van der Waals surface area contributed by atoms with Crippen LogP contribution in [-0.4, -0.2) is 28.2 Å². The number of carbonyl (C=O) groups excluding carboxylic acids is 1. The number of nitrogens with zero attached hydrogens (tertiary/aromatic N) is 2. The van der Waals surface area contributed by atoms with Crippen molar-refractivity contribution in [2.45, 2.75) is 25.3 Å². The van der Waals surface area contributed by atoms with Crippen molar-refractivity contribution in [3.8, 4) is 6.07 Å². The minimum absolute atomic E-state index is 0.0558. The number of nitriles is 1. The lowest BCUT2D eigenvalue weighted by atomic mass is 10.1. The van der Waals surface area contributed by atoms with Crippen LogP contribution in [0.25, 0.3) is 10.9 Å². The van der Waals surface area contributed by atoms with Crippen LogP contribution in [0.5, 0.6) is 0 Å². The molecule has 0 aliphatic rings. The molecular formula is C20H20N4OS. The molecule has 3 rings (SSSR count). The van der Waals surface area contributed by atoms with Gasteiger partial charge in [0, 0.05) is 29.3 Å². The Hall–Kier alpha value is -2.78. The fourth-order valence-corrected chi connectivity index (χ4v) is 3.83. The zero-order valence-electron chi connectivity index (χ0n) is 14.8.